The zero-order valence-electron chi connectivity index (χ0n) is 52.2. The topological polar surface area (TPSA) is 101 Å². The van der Waals surface area contributed by atoms with Crippen LogP contribution in [0.3, 0.4) is 0 Å². The van der Waals surface area contributed by atoms with Crippen molar-refractivity contribution in [2.75, 3.05) is 0 Å². The fourth-order valence-corrected chi connectivity index (χ4v) is 16.3. The maximum atomic E-state index is 6.61. The molecule has 0 N–H and O–H groups in total. The fourth-order valence-electron chi connectivity index (χ4n) is 15.1. The minimum Gasteiger partial charge on any atom is -0.455 e. The standard InChI is InChI=1S/C44H25N3O2.C44H25N3OS/c1-2-11-26(12-3-1)40-43-41(35-24-29(21-22-39(35)49-43)30-17-10-18-33-32-16-7-9-20-38(32)48-42(30)33)46-44(45-40)47-36-19-8-6-15-31(36)34-23-27-13-4-5-14-28(27)25-37(34)47;1-2-11-26(12-3-1)40-43-41(34-22-21-29(25-39(34)49-43)30-17-10-18-33-32-16-7-9-20-38(32)48-42(30)33)46-44(45-40)47-36-19-8-6-15-31(36)35-23-27-13-4-5-14-28(27)24-37(35)47/h2*1-25H. The van der Waals surface area contributed by atoms with Crippen molar-refractivity contribution in [1.82, 2.24) is 29.1 Å². The first-order chi connectivity index (χ1) is 48.6. The summed E-state index contributed by atoms with van der Waals surface area (Å²) in [5.74, 6) is 1.27. The molecule has 98 heavy (non-hydrogen) atoms. The Hall–Kier alpha value is -13.0. The smallest absolute Gasteiger partial charge is 0.236 e. The summed E-state index contributed by atoms with van der Waals surface area (Å²) < 4.78 is 26.1. The molecule has 0 bridgehead atoms. The molecular formula is C88H50N6O3S. The molecule has 456 valence electrons. The molecule has 8 aromatic heterocycles. The number of fused-ring (bicyclic) bond motifs is 20. The molecule has 22 aromatic rings. The third kappa shape index (κ3) is 8.31. The van der Waals surface area contributed by atoms with Gasteiger partial charge in [0.25, 0.3) is 0 Å². The van der Waals surface area contributed by atoms with Crippen molar-refractivity contribution in [2.45, 2.75) is 0 Å². The second-order valence-electron chi connectivity index (χ2n) is 25.2. The Morgan fingerprint density at radius 2 is 0.694 bits per heavy atom. The van der Waals surface area contributed by atoms with E-state index in [1.165, 1.54) is 32.3 Å². The molecule has 9 nitrogen and oxygen atoms in total. The van der Waals surface area contributed by atoms with Gasteiger partial charge >= 0.3 is 0 Å². The number of aromatic nitrogens is 6. The van der Waals surface area contributed by atoms with Crippen LogP contribution in [0.25, 0.3) is 208 Å². The molecule has 0 radical (unpaired) electrons. The zero-order valence-corrected chi connectivity index (χ0v) is 53.0. The Kier molecular flexibility index (Phi) is 11.8. The van der Waals surface area contributed by atoms with Gasteiger partial charge in [-0.05, 0) is 99.4 Å². The molecule has 0 atom stereocenters. The SMILES string of the molecule is c1ccc(-c2nc(-n3c4ccccc4c4cc5ccccc5cc43)nc3c2oc2ccc(-c4cccc5c4oc4ccccc45)cc23)cc1.c1ccc(-c2nc(-n3c4ccccc4c4cc5ccccc5cc43)nc3c2sc2cc(-c4cccc5c4oc4ccccc45)ccc23)cc1. The van der Waals surface area contributed by atoms with Crippen molar-refractivity contribution < 1.29 is 13.3 Å². The van der Waals surface area contributed by atoms with Crippen LogP contribution in [-0.2, 0) is 0 Å². The third-order valence-corrected chi connectivity index (χ3v) is 20.8. The van der Waals surface area contributed by atoms with Crippen LogP contribution in [0.5, 0.6) is 0 Å². The van der Waals surface area contributed by atoms with Crippen molar-refractivity contribution in [1.29, 1.82) is 0 Å². The molecule has 0 fully saturated rings. The van der Waals surface area contributed by atoms with Crippen molar-refractivity contribution in [3.63, 3.8) is 0 Å². The lowest BCUT2D eigenvalue weighted by atomic mass is 10.0. The van der Waals surface area contributed by atoms with Crippen LogP contribution >= 0.6 is 11.3 Å². The summed E-state index contributed by atoms with van der Waals surface area (Å²) in [5.41, 5.74) is 19.0. The first kappa shape index (κ1) is 54.4. The molecule has 22 rings (SSSR count). The van der Waals surface area contributed by atoms with Gasteiger partial charge in [-0.2, -0.15) is 0 Å². The molecule has 0 saturated heterocycles. The summed E-state index contributed by atoms with van der Waals surface area (Å²) in [7, 11) is 0. The maximum Gasteiger partial charge on any atom is 0.236 e. The summed E-state index contributed by atoms with van der Waals surface area (Å²) in [6, 6.07) is 106. The highest BCUT2D eigenvalue weighted by Gasteiger charge is 2.25. The van der Waals surface area contributed by atoms with Gasteiger partial charge in [0.2, 0.25) is 11.9 Å². The molecule has 8 heterocycles. The Bertz CT molecular complexity index is 7030. The van der Waals surface area contributed by atoms with Gasteiger partial charge < -0.3 is 13.3 Å². The monoisotopic (exact) mass is 1270 g/mol. The first-order valence-corrected chi connectivity index (χ1v) is 33.6. The molecule has 0 aliphatic heterocycles. The van der Waals surface area contributed by atoms with E-state index in [9.17, 15) is 0 Å². The van der Waals surface area contributed by atoms with Gasteiger partial charge in [-0.15, -0.1) is 11.3 Å². The molecule has 10 heteroatoms. The van der Waals surface area contributed by atoms with Crippen LogP contribution < -0.4 is 0 Å². The van der Waals surface area contributed by atoms with Crippen LogP contribution in [0, 0.1) is 0 Å². The van der Waals surface area contributed by atoms with E-state index in [4.69, 9.17) is 33.2 Å². The molecule has 0 amide bonds. The van der Waals surface area contributed by atoms with Crippen molar-refractivity contribution >= 4 is 163 Å². The van der Waals surface area contributed by atoms with E-state index in [1.54, 1.807) is 11.3 Å². The van der Waals surface area contributed by atoms with Gasteiger partial charge in [-0.3, -0.25) is 9.13 Å². The van der Waals surface area contributed by atoms with E-state index >= 15 is 0 Å². The van der Waals surface area contributed by atoms with Crippen LogP contribution in [0.1, 0.15) is 0 Å². The summed E-state index contributed by atoms with van der Waals surface area (Å²) in [4.78, 5) is 21.4. The molecule has 0 aliphatic carbocycles. The van der Waals surface area contributed by atoms with Crippen LogP contribution in [0.2, 0.25) is 0 Å². The number of nitrogens with zero attached hydrogens (tertiary/aromatic N) is 6. The van der Waals surface area contributed by atoms with Crippen molar-refractivity contribution in [3.8, 4) is 56.7 Å². The van der Waals surface area contributed by atoms with Gasteiger partial charge in [0, 0.05) is 80.8 Å². The Morgan fingerprint density at radius 1 is 0.255 bits per heavy atom. The quantitative estimate of drug-likeness (QED) is 0.163. The minimum atomic E-state index is 0.598. The lowest BCUT2D eigenvalue weighted by Crippen LogP contribution is -2.02. The van der Waals surface area contributed by atoms with Gasteiger partial charge in [0.15, 0.2) is 5.58 Å². The van der Waals surface area contributed by atoms with Crippen molar-refractivity contribution in [3.05, 3.63) is 303 Å². The zero-order chi connectivity index (χ0) is 64.1. The summed E-state index contributed by atoms with van der Waals surface area (Å²) >= 11 is 1.75. The highest BCUT2D eigenvalue weighted by Crippen LogP contribution is 2.46. The molecular weight excluding hydrogens is 1220 g/mol. The third-order valence-electron chi connectivity index (χ3n) is 19.6. The number of hydrogen-bond donors (Lipinski definition) is 0. The normalized spacial score (nSPS) is 12.1. The van der Waals surface area contributed by atoms with Crippen molar-refractivity contribution in [2.24, 2.45) is 0 Å². The molecule has 0 unspecified atom stereocenters. The largest absolute Gasteiger partial charge is 0.455 e. The van der Waals surface area contributed by atoms with E-state index < -0.39 is 0 Å². The van der Waals surface area contributed by atoms with Crippen LogP contribution in [-0.4, -0.2) is 29.1 Å². The van der Waals surface area contributed by atoms with Gasteiger partial charge in [0.05, 0.1) is 38.0 Å². The minimum absolute atomic E-state index is 0.598. The number of rotatable bonds is 6. The van der Waals surface area contributed by atoms with E-state index in [0.29, 0.717) is 17.5 Å². The molecule has 0 spiro atoms. The Morgan fingerprint density at radius 3 is 1.28 bits per heavy atom. The lowest BCUT2D eigenvalue weighted by Gasteiger charge is -2.10. The Labute approximate surface area is 561 Å². The molecule has 14 aromatic carbocycles. The van der Waals surface area contributed by atoms with Gasteiger partial charge in [-0.25, -0.2) is 19.9 Å². The van der Waals surface area contributed by atoms with Gasteiger partial charge in [0.1, 0.15) is 39.1 Å². The van der Waals surface area contributed by atoms with Crippen LogP contribution in [0.4, 0.5) is 0 Å². The number of furan rings is 3. The lowest BCUT2D eigenvalue weighted by molar-refractivity contribution is 0.666. The fraction of sp³-hybridized carbons (Fsp3) is 0. The Balaban J connectivity index is 0.000000129. The second-order valence-corrected chi connectivity index (χ2v) is 26.2. The average Bonchev–Trinajstić information content (AvgIpc) is 1.57. The average molecular weight is 1270 g/mol. The van der Waals surface area contributed by atoms with E-state index in [2.05, 4.69) is 264 Å². The highest BCUT2D eigenvalue weighted by atomic mass is 32.1. The predicted molar refractivity (Wildman–Crippen MR) is 404 cm³/mol. The molecule has 0 aliphatic rings. The van der Waals surface area contributed by atoms with E-state index in [1.807, 2.05) is 48.5 Å². The number of thiophene rings is 1. The number of hydrogen-bond acceptors (Lipinski definition) is 8. The van der Waals surface area contributed by atoms with Crippen LogP contribution in [0.15, 0.2) is 317 Å². The molecule has 0 saturated carbocycles. The number of benzene rings is 14. The first-order valence-electron chi connectivity index (χ1n) is 32.8. The summed E-state index contributed by atoms with van der Waals surface area (Å²) in [5, 5.41) is 16.0. The van der Waals surface area contributed by atoms with E-state index in [-0.39, 0.29) is 0 Å². The summed E-state index contributed by atoms with van der Waals surface area (Å²) in [6.45, 7) is 0. The summed E-state index contributed by atoms with van der Waals surface area (Å²) in [6.07, 6.45) is 0. The second kappa shape index (κ2) is 21.2. The number of para-hydroxylation sites is 6. The predicted octanol–water partition coefficient (Wildman–Crippen LogP) is 24.2. The van der Waals surface area contributed by atoms with E-state index in [0.717, 1.165) is 158 Å². The highest BCUT2D eigenvalue weighted by molar-refractivity contribution is 7.26. The van der Waals surface area contributed by atoms with Gasteiger partial charge in [-0.1, -0.05) is 237 Å². The maximum absolute atomic E-state index is 6.61.